The third kappa shape index (κ3) is 5.10. The smallest absolute Gasteiger partial charge is 0.349 e. The standard InChI is InChI=1S/C22H29N5O4/c1-5-31-18(28)10-8-6-7-9-11-27-17-13-16(26(3)4)14(2)12-15(17)23-19-20(27)24-22(30)25-21(19)29/h12-13H,5-11H2,1-4H3,(H,25,29,30). The highest BCUT2D eigenvalue weighted by Gasteiger charge is 2.19. The highest BCUT2D eigenvalue weighted by Crippen LogP contribution is 2.28. The topological polar surface area (TPSA) is 110 Å². The normalized spacial score (nSPS) is 11.2. The lowest BCUT2D eigenvalue weighted by molar-refractivity contribution is -0.143. The molecule has 0 bridgehead atoms. The van der Waals surface area contributed by atoms with E-state index in [1.165, 1.54) is 0 Å². The van der Waals surface area contributed by atoms with Crippen LogP contribution in [0.1, 0.15) is 44.6 Å². The monoisotopic (exact) mass is 427 g/mol. The van der Waals surface area contributed by atoms with Crippen LogP contribution in [-0.4, -0.2) is 46.2 Å². The summed E-state index contributed by atoms with van der Waals surface area (Å²) in [7, 11) is 3.93. The van der Waals surface area contributed by atoms with Crippen LogP contribution in [-0.2, 0) is 16.1 Å². The molecule has 0 saturated carbocycles. The molecule has 166 valence electrons. The Morgan fingerprint density at radius 1 is 1.13 bits per heavy atom. The Labute approximate surface area is 180 Å². The summed E-state index contributed by atoms with van der Waals surface area (Å²) in [5.41, 5.74) is 2.53. The van der Waals surface area contributed by atoms with Crippen LogP contribution >= 0.6 is 0 Å². The van der Waals surface area contributed by atoms with Crippen LogP contribution in [0, 0.1) is 6.92 Å². The molecule has 0 atom stereocenters. The number of carbonyl (C=O) groups excluding carboxylic acids is 1. The minimum Gasteiger partial charge on any atom is -0.466 e. The molecule has 2 aliphatic rings. The first-order valence-electron chi connectivity index (χ1n) is 10.6. The molecule has 0 unspecified atom stereocenters. The van der Waals surface area contributed by atoms with Crippen molar-refractivity contribution in [3.8, 4) is 11.5 Å². The maximum Gasteiger partial charge on any atom is 0.349 e. The van der Waals surface area contributed by atoms with E-state index in [-0.39, 0.29) is 11.7 Å². The van der Waals surface area contributed by atoms with Crippen molar-refractivity contribution in [3.63, 3.8) is 0 Å². The number of aromatic nitrogens is 4. The number of unbranched alkanes of at least 4 members (excludes halogenated alkanes) is 3. The summed E-state index contributed by atoms with van der Waals surface area (Å²) in [6.45, 7) is 4.78. The van der Waals surface area contributed by atoms with Gasteiger partial charge in [0.1, 0.15) is 0 Å². The van der Waals surface area contributed by atoms with E-state index in [2.05, 4.69) is 15.0 Å². The Morgan fingerprint density at radius 2 is 1.87 bits per heavy atom. The van der Waals surface area contributed by atoms with Crippen LogP contribution < -0.4 is 16.1 Å². The van der Waals surface area contributed by atoms with Crippen molar-refractivity contribution in [2.45, 2.75) is 52.5 Å². The predicted octanol–water partition coefficient (Wildman–Crippen LogP) is 2.47. The molecule has 31 heavy (non-hydrogen) atoms. The molecule has 0 spiro atoms. The number of nitrogens with one attached hydrogen (secondary N) is 1. The summed E-state index contributed by atoms with van der Waals surface area (Å²) >= 11 is 0. The molecule has 1 aromatic carbocycles. The Hall–Kier alpha value is -3.23. The van der Waals surface area contributed by atoms with Gasteiger partial charge in [0.05, 0.1) is 17.6 Å². The van der Waals surface area contributed by atoms with E-state index >= 15 is 0 Å². The number of carbonyl (C=O) groups is 1. The highest BCUT2D eigenvalue weighted by atomic mass is 16.5. The highest BCUT2D eigenvalue weighted by molar-refractivity contribution is 5.84. The molecule has 2 aliphatic heterocycles. The van der Waals surface area contributed by atoms with Gasteiger partial charge < -0.3 is 14.2 Å². The average Bonchev–Trinajstić information content (AvgIpc) is 2.70. The molecular weight excluding hydrogens is 398 g/mol. The lowest BCUT2D eigenvalue weighted by Crippen LogP contribution is -2.29. The minimum absolute atomic E-state index is 0.159. The van der Waals surface area contributed by atoms with Gasteiger partial charge in [-0.3, -0.25) is 14.6 Å². The van der Waals surface area contributed by atoms with E-state index in [4.69, 9.17) is 4.74 Å². The fourth-order valence-electron chi connectivity index (χ4n) is 3.77. The van der Waals surface area contributed by atoms with Crippen molar-refractivity contribution in [3.05, 3.63) is 38.5 Å². The maximum atomic E-state index is 12.4. The Bertz CT molecular complexity index is 1160. The van der Waals surface area contributed by atoms with Gasteiger partial charge >= 0.3 is 11.7 Å². The third-order valence-electron chi connectivity index (χ3n) is 5.23. The summed E-state index contributed by atoms with van der Waals surface area (Å²) in [4.78, 5) is 48.5. The van der Waals surface area contributed by atoms with Gasteiger partial charge in [-0.05, 0) is 44.4 Å². The lowest BCUT2D eigenvalue weighted by atomic mass is 10.1. The second-order valence-electron chi connectivity index (χ2n) is 7.80. The van der Waals surface area contributed by atoms with Crippen molar-refractivity contribution in [1.29, 1.82) is 0 Å². The second kappa shape index (κ2) is 9.72. The van der Waals surface area contributed by atoms with Gasteiger partial charge in [-0.1, -0.05) is 12.8 Å². The number of fused-ring (bicyclic) bond motifs is 2. The number of aryl methyl sites for hydroxylation is 2. The van der Waals surface area contributed by atoms with Gasteiger partial charge in [0.15, 0.2) is 11.5 Å². The first-order chi connectivity index (χ1) is 14.8. The lowest BCUT2D eigenvalue weighted by Gasteiger charge is -2.21. The maximum absolute atomic E-state index is 12.4. The number of aromatic amines is 1. The van der Waals surface area contributed by atoms with Crippen molar-refractivity contribution in [2.75, 3.05) is 25.6 Å². The molecule has 9 nitrogen and oxygen atoms in total. The Balaban J connectivity index is 1.91. The molecule has 0 radical (unpaired) electrons. The SMILES string of the molecule is CCOC(=O)CCCCCCn1c2nc(=O)[nH]c(=O)c-2nc2cc(C)c(N(C)C)cc21. The molecule has 1 aromatic rings. The summed E-state index contributed by atoms with van der Waals surface area (Å²) in [6.07, 6.45) is 3.80. The number of anilines is 1. The van der Waals surface area contributed by atoms with Crippen molar-refractivity contribution < 1.29 is 9.53 Å². The van der Waals surface area contributed by atoms with Crippen LogP contribution in [0.5, 0.6) is 0 Å². The number of H-pyrrole nitrogens is 1. The first-order valence-corrected chi connectivity index (χ1v) is 10.6. The molecule has 2 heterocycles. The molecule has 9 heteroatoms. The molecule has 1 N–H and O–H groups in total. The minimum atomic E-state index is -0.679. The van der Waals surface area contributed by atoms with Crippen molar-refractivity contribution >= 4 is 22.7 Å². The number of hydrogen-bond donors (Lipinski definition) is 1. The molecule has 0 fully saturated rings. The zero-order valence-corrected chi connectivity index (χ0v) is 18.5. The molecule has 3 rings (SSSR count). The van der Waals surface area contributed by atoms with Gasteiger partial charge in [0.2, 0.25) is 0 Å². The fourth-order valence-corrected chi connectivity index (χ4v) is 3.77. The van der Waals surface area contributed by atoms with Crippen LogP contribution in [0.15, 0.2) is 21.7 Å². The van der Waals surface area contributed by atoms with Gasteiger partial charge in [0, 0.05) is 32.7 Å². The Kier molecular flexibility index (Phi) is 7.04. The van der Waals surface area contributed by atoms with Gasteiger partial charge in [0.25, 0.3) is 5.56 Å². The van der Waals surface area contributed by atoms with E-state index in [0.717, 1.165) is 42.5 Å². The largest absolute Gasteiger partial charge is 0.466 e. The zero-order chi connectivity index (χ0) is 22.5. The van der Waals surface area contributed by atoms with E-state index in [0.29, 0.717) is 30.9 Å². The summed E-state index contributed by atoms with van der Waals surface area (Å²) in [6, 6.07) is 3.97. The number of rotatable bonds is 9. The number of nitrogens with zero attached hydrogens (tertiary/aromatic N) is 4. The summed E-state index contributed by atoms with van der Waals surface area (Å²) in [5, 5.41) is 0. The van der Waals surface area contributed by atoms with Crippen molar-refractivity contribution in [2.24, 2.45) is 0 Å². The van der Waals surface area contributed by atoms with Gasteiger partial charge in [-0.2, -0.15) is 4.98 Å². The van der Waals surface area contributed by atoms with E-state index in [9.17, 15) is 14.4 Å². The quantitative estimate of drug-likeness (QED) is 0.317. The third-order valence-corrected chi connectivity index (χ3v) is 5.23. The second-order valence-corrected chi connectivity index (χ2v) is 7.80. The average molecular weight is 428 g/mol. The number of hydrogen-bond acceptors (Lipinski definition) is 7. The molecule has 0 saturated heterocycles. The predicted molar refractivity (Wildman–Crippen MR) is 120 cm³/mol. The number of esters is 1. The van der Waals surface area contributed by atoms with Crippen LogP contribution in [0.2, 0.25) is 0 Å². The van der Waals surface area contributed by atoms with Gasteiger partial charge in [-0.25, -0.2) is 9.78 Å². The van der Waals surface area contributed by atoms with Crippen LogP contribution in [0.4, 0.5) is 5.69 Å². The zero-order valence-electron chi connectivity index (χ0n) is 18.5. The Morgan fingerprint density at radius 3 is 2.58 bits per heavy atom. The van der Waals surface area contributed by atoms with Crippen LogP contribution in [0.3, 0.4) is 0 Å². The molecular formula is C22H29N5O4. The number of ether oxygens (including phenoxy) is 1. The first kappa shape index (κ1) is 22.5. The van der Waals surface area contributed by atoms with E-state index < -0.39 is 11.2 Å². The number of benzene rings is 1. The molecule has 0 aromatic heterocycles. The molecule has 0 aliphatic carbocycles. The summed E-state index contributed by atoms with van der Waals surface area (Å²) < 4.78 is 6.86. The van der Waals surface area contributed by atoms with Crippen molar-refractivity contribution in [1.82, 2.24) is 19.5 Å². The fraction of sp³-hybridized carbons (Fsp3) is 0.500. The van der Waals surface area contributed by atoms with E-state index in [1.807, 2.05) is 42.6 Å². The van der Waals surface area contributed by atoms with Crippen LogP contribution in [0.25, 0.3) is 22.6 Å². The molecule has 0 amide bonds. The summed E-state index contributed by atoms with van der Waals surface area (Å²) in [5.74, 6) is 0.127. The van der Waals surface area contributed by atoms with E-state index in [1.54, 1.807) is 6.92 Å². The van der Waals surface area contributed by atoms with Gasteiger partial charge in [-0.15, -0.1) is 0 Å².